The van der Waals surface area contributed by atoms with E-state index in [0.29, 0.717) is 31.6 Å². The summed E-state index contributed by atoms with van der Waals surface area (Å²) in [7, 11) is 0. The summed E-state index contributed by atoms with van der Waals surface area (Å²) < 4.78 is 6.75. The molecular formula is C21H22ClN3O3. The summed E-state index contributed by atoms with van der Waals surface area (Å²) in [5.41, 5.74) is 2.50. The highest BCUT2D eigenvalue weighted by atomic mass is 35.5. The number of halogens is 1. The Hall–Kier alpha value is -2.57. The van der Waals surface area contributed by atoms with Crippen molar-refractivity contribution in [1.29, 1.82) is 0 Å². The number of benzene rings is 2. The molecule has 2 aromatic carbocycles. The smallest absolute Gasteiger partial charge is 0.408 e. The predicted molar refractivity (Wildman–Crippen MR) is 108 cm³/mol. The number of oxazole rings is 1. The molecule has 4 rings (SSSR count). The van der Waals surface area contributed by atoms with Crippen LogP contribution in [0.5, 0.6) is 0 Å². The van der Waals surface area contributed by atoms with Gasteiger partial charge < -0.3 is 9.32 Å². The van der Waals surface area contributed by atoms with Crippen LogP contribution in [-0.2, 0) is 17.9 Å². The van der Waals surface area contributed by atoms with Gasteiger partial charge in [-0.15, -0.1) is 0 Å². The van der Waals surface area contributed by atoms with Crippen LogP contribution in [0.15, 0.2) is 57.7 Å². The second-order valence-electron chi connectivity index (χ2n) is 7.02. The van der Waals surface area contributed by atoms with E-state index in [9.17, 15) is 9.59 Å². The van der Waals surface area contributed by atoms with Crippen LogP contribution in [0.2, 0.25) is 5.02 Å². The number of amides is 1. The van der Waals surface area contributed by atoms with Crippen molar-refractivity contribution in [2.24, 2.45) is 0 Å². The third-order valence-electron chi connectivity index (χ3n) is 5.17. The van der Waals surface area contributed by atoms with Crippen LogP contribution in [0, 0.1) is 0 Å². The fourth-order valence-electron chi connectivity index (χ4n) is 3.59. The van der Waals surface area contributed by atoms with Gasteiger partial charge in [-0.2, -0.15) is 0 Å². The zero-order valence-electron chi connectivity index (χ0n) is 15.5. The highest BCUT2D eigenvalue weighted by Gasteiger charge is 2.21. The monoisotopic (exact) mass is 399 g/mol. The van der Waals surface area contributed by atoms with Gasteiger partial charge in [0.05, 0.1) is 5.52 Å². The van der Waals surface area contributed by atoms with Crippen molar-refractivity contribution < 1.29 is 9.21 Å². The average Bonchev–Trinajstić information content (AvgIpc) is 3.03. The second-order valence-corrected chi connectivity index (χ2v) is 7.46. The second kappa shape index (κ2) is 8.20. The third-order valence-corrected chi connectivity index (χ3v) is 5.42. The van der Waals surface area contributed by atoms with E-state index in [-0.39, 0.29) is 5.91 Å². The lowest BCUT2D eigenvalue weighted by atomic mass is 10.2. The standard InChI is InChI=1S/C21H22ClN3O3/c22-17-7-5-16(6-8-17)15-23-11-13-24(14-12-23)20(26)9-10-25-18-3-1-2-4-19(18)28-21(25)27/h1-8H,9-15H2. The molecule has 7 heteroatoms. The van der Waals surface area contributed by atoms with Crippen LogP contribution < -0.4 is 5.76 Å². The highest BCUT2D eigenvalue weighted by molar-refractivity contribution is 6.30. The summed E-state index contributed by atoms with van der Waals surface area (Å²) in [5, 5.41) is 0.740. The lowest BCUT2D eigenvalue weighted by Crippen LogP contribution is -2.48. The number of fused-ring (bicyclic) bond motifs is 1. The molecule has 6 nitrogen and oxygen atoms in total. The van der Waals surface area contributed by atoms with Crippen molar-refractivity contribution in [3.8, 4) is 0 Å². The van der Waals surface area contributed by atoms with Gasteiger partial charge in [0.25, 0.3) is 0 Å². The Morgan fingerprint density at radius 3 is 2.46 bits per heavy atom. The van der Waals surface area contributed by atoms with Gasteiger partial charge in [0.1, 0.15) is 0 Å². The normalized spacial score (nSPS) is 15.2. The first-order valence-corrected chi connectivity index (χ1v) is 9.81. The van der Waals surface area contributed by atoms with Gasteiger partial charge in [0.2, 0.25) is 5.91 Å². The van der Waals surface area contributed by atoms with E-state index >= 15 is 0 Å². The minimum Gasteiger partial charge on any atom is -0.408 e. The largest absolute Gasteiger partial charge is 0.419 e. The van der Waals surface area contributed by atoms with E-state index in [0.717, 1.165) is 30.2 Å². The van der Waals surface area contributed by atoms with E-state index in [1.54, 1.807) is 6.07 Å². The highest BCUT2D eigenvalue weighted by Crippen LogP contribution is 2.15. The third kappa shape index (κ3) is 4.13. The average molecular weight is 400 g/mol. The molecule has 0 unspecified atom stereocenters. The number of nitrogens with zero attached hydrogens (tertiary/aromatic N) is 3. The van der Waals surface area contributed by atoms with Crippen molar-refractivity contribution in [1.82, 2.24) is 14.4 Å². The number of aryl methyl sites for hydroxylation is 1. The topological polar surface area (TPSA) is 58.7 Å². The molecule has 1 amide bonds. The Morgan fingerprint density at radius 2 is 1.71 bits per heavy atom. The molecule has 1 aliphatic rings. The number of carbonyl (C=O) groups is 1. The quantitative estimate of drug-likeness (QED) is 0.661. The Bertz CT molecular complexity index is 1020. The summed E-state index contributed by atoms with van der Waals surface area (Å²) in [4.78, 5) is 28.8. The number of hydrogen-bond acceptors (Lipinski definition) is 4. The molecule has 3 aromatic rings. The zero-order chi connectivity index (χ0) is 19.5. The van der Waals surface area contributed by atoms with E-state index < -0.39 is 5.76 Å². The van der Waals surface area contributed by atoms with Crippen LogP contribution in [0.1, 0.15) is 12.0 Å². The van der Waals surface area contributed by atoms with E-state index in [2.05, 4.69) is 4.90 Å². The van der Waals surface area contributed by atoms with Gasteiger partial charge in [0.15, 0.2) is 5.58 Å². The maximum Gasteiger partial charge on any atom is 0.419 e. The molecular weight excluding hydrogens is 378 g/mol. The van der Waals surface area contributed by atoms with Crippen molar-refractivity contribution in [3.05, 3.63) is 69.7 Å². The fraction of sp³-hybridized carbons (Fsp3) is 0.333. The van der Waals surface area contributed by atoms with Crippen LogP contribution in [-0.4, -0.2) is 46.5 Å². The molecule has 1 saturated heterocycles. The van der Waals surface area contributed by atoms with Gasteiger partial charge in [-0.3, -0.25) is 14.3 Å². The number of hydrogen-bond donors (Lipinski definition) is 0. The lowest BCUT2D eigenvalue weighted by molar-refractivity contribution is -0.133. The molecule has 2 heterocycles. The molecule has 146 valence electrons. The van der Waals surface area contributed by atoms with Gasteiger partial charge >= 0.3 is 5.76 Å². The van der Waals surface area contributed by atoms with Crippen molar-refractivity contribution in [3.63, 3.8) is 0 Å². The summed E-state index contributed by atoms with van der Waals surface area (Å²) in [6.45, 7) is 4.27. The molecule has 1 aliphatic heterocycles. The van der Waals surface area contributed by atoms with E-state index in [4.69, 9.17) is 16.0 Å². The molecule has 0 N–H and O–H groups in total. The van der Waals surface area contributed by atoms with Gasteiger partial charge in [-0.25, -0.2) is 4.79 Å². The first kappa shape index (κ1) is 18.8. The first-order chi connectivity index (χ1) is 13.6. The molecule has 0 saturated carbocycles. The van der Waals surface area contributed by atoms with Crippen LogP contribution in [0.3, 0.4) is 0 Å². The number of aromatic nitrogens is 1. The van der Waals surface area contributed by atoms with Crippen LogP contribution in [0.25, 0.3) is 11.1 Å². The van der Waals surface area contributed by atoms with Crippen molar-refractivity contribution in [2.45, 2.75) is 19.5 Å². The molecule has 1 aromatic heterocycles. The molecule has 0 bridgehead atoms. The van der Waals surface area contributed by atoms with E-state index in [1.807, 2.05) is 47.4 Å². The fourth-order valence-corrected chi connectivity index (χ4v) is 3.72. The number of piperazine rings is 1. The zero-order valence-corrected chi connectivity index (χ0v) is 16.3. The van der Waals surface area contributed by atoms with Gasteiger partial charge in [-0.1, -0.05) is 35.9 Å². The van der Waals surface area contributed by atoms with Crippen LogP contribution in [0.4, 0.5) is 0 Å². The van der Waals surface area contributed by atoms with Gasteiger partial charge in [-0.05, 0) is 29.8 Å². The maximum atomic E-state index is 12.6. The lowest BCUT2D eigenvalue weighted by Gasteiger charge is -2.34. The summed E-state index contributed by atoms with van der Waals surface area (Å²) in [5.74, 6) is -0.342. The number of carbonyl (C=O) groups excluding carboxylic acids is 1. The number of rotatable bonds is 5. The maximum absolute atomic E-state index is 12.6. The first-order valence-electron chi connectivity index (χ1n) is 9.43. The predicted octanol–water partition coefficient (Wildman–Crippen LogP) is 2.98. The summed E-state index contributed by atoms with van der Waals surface area (Å²) in [6.07, 6.45) is 0.292. The molecule has 0 atom stereocenters. The van der Waals surface area contributed by atoms with Crippen molar-refractivity contribution in [2.75, 3.05) is 26.2 Å². The summed E-state index contributed by atoms with van der Waals surface area (Å²) >= 11 is 5.93. The van der Waals surface area contributed by atoms with Crippen LogP contribution >= 0.6 is 11.6 Å². The molecule has 0 radical (unpaired) electrons. The molecule has 28 heavy (non-hydrogen) atoms. The minimum atomic E-state index is -0.415. The Balaban J connectivity index is 1.30. The SMILES string of the molecule is O=C(CCn1c(=O)oc2ccccc21)N1CCN(Cc2ccc(Cl)cc2)CC1. The molecule has 1 fully saturated rings. The summed E-state index contributed by atoms with van der Waals surface area (Å²) in [6, 6.07) is 15.1. The minimum absolute atomic E-state index is 0.0725. The molecule has 0 aliphatic carbocycles. The Kier molecular flexibility index (Phi) is 5.50. The van der Waals surface area contributed by atoms with Gasteiger partial charge in [0, 0.05) is 50.7 Å². The van der Waals surface area contributed by atoms with E-state index in [1.165, 1.54) is 10.1 Å². The van der Waals surface area contributed by atoms with Crippen molar-refractivity contribution >= 4 is 28.6 Å². The number of para-hydroxylation sites is 2. The Morgan fingerprint density at radius 1 is 1.00 bits per heavy atom. The molecule has 0 spiro atoms. The Labute approximate surface area is 167 Å².